The molecular weight excluding hydrogens is 164 g/mol. The molecule has 0 amide bonds. The standard InChI is InChI=1S/C8H9ClO.H2O/c1-6-5-7(9)3-4-8(6)10-2;/h3-5H,1-2H3;1H2. The smallest absolute Gasteiger partial charge is 0.121 e. The molecule has 0 atom stereocenters. The molecule has 0 fully saturated rings. The molecule has 0 bridgehead atoms. The first-order valence-electron chi connectivity index (χ1n) is 3.04. The lowest BCUT2D eigenvalue weighted by atomic mass is 10.2. The normalized spacial score (nSPS) is 8.64. The molecule has 1 aromatic carbocycles. The van der Waals surface area contributed by atoms with E-state index in [4.69, 9.17) is 16.3 Å². The van der Waals surface area contributed by atoms with E-state index in [1.807, 2.05) is 25.1 Å². The van der Waals surface area contributed by atoms with Crippen molar-refractivity contribution in [3.63, 3.8) is 0 Å². The Balaban J connectivity index is 0.000001000. The fourth-order valence-corrected chi connectivity index (χ4v) is 1.07. The van der Waals surface area contributed by atoms with Gasteiger partial charge in [0.2, 0.25) is 0 Å². The highest BCUT2D eigenvalue weighted by molar-refractivity contribution is 6.30. The highest BCUT2D eigenvalue weighted by atomic mass is 35.5. The quantitative estimate of drug-likeness (QED) is 0.641. The fourth-order valence-electron chi connectivity index (χ4n) is 0.842. The van der Waals surface area contributed by atoms with Crippen LogP contribution >= 0.6 is 11.6 Å². The Morgan fingerprint density at radius 3 is 2.45 bits per heavy atom. The Morgan fingerprint density at radius 2 is 2.00 bits per heavy atom. The van der Waals surface area contributed by atoms with Crippen LogP contribution in [0.3, 0.4) is 0 Å². The number of hydrogen-bond donors (Lipinski definition) is 0. The van der Waals surface area contributed by atoms with Gasteiger partial charge in [-0.1, -0.05) is 11.6 Å². The summed E-state index contributed by atoms with van der Waals surface area (Å²) in [5.74, 6) is 0.879. The van der Waals surface area contributed by atoms with Crippen LogP contribution in [0.5, 0.6) is 5.75 Å². The predicted octanol–water partition coefficient (Wildman–Crippen LogP) is 1.83. The minimum absolute atomic E-state index is 0. The van der Waals surface area contributed by atoms with Crippen molar-refractivity contribution >= 4 is 11.6 Å². The molecule has 0 heterocycles. The third-order valence-corrected chi connectivity index (χ3v) is 1.59. The molecule has 0 radical (unpaired) electrons. The van der Waals surface area contributed by atoms with Crippen LogP contribution in [0.25, 0.3) is 0 Å². The summed E-state index contributed by atoms with van der Waals surface area (Å²) < 4.78 is 5.04. The summed E-state index contributed by atoms with van der Waals surface area (Å²) >= 11 is 5.72. The van der Waals surface area contributed by atoms with Crippen LogP contribution in [-0.2, 0) is 0 Å². The van der Waals surface area contributed by atoms with Gasteiger partial charge in [0.05, 0.1) is 7.11 Å². The average molecular weight is 175 g/mol. The van der Waals surface area contributed by atoms with E-state index in [1.54, 1.807) is 7.11 Å². The molecule has 1 aromatic rings. The lowest BCUT2D eigenvalue weighted by molar-refractivity contribution is 0.411. The van der Waals surface area contributed by atoms with E-state index < -0.39 is 0 Å². The van der Waals surface area contributed by atoms with Gasteiger partial charge in [-0.25, -0.2) is 0 Å². The minimum atomic E-state index is 0. The van der Waals surface area contributed by atoms with Crippen LogP contribution in [0.1, 0.15) is 5.56 Å². The number of hydrogen-bond acceptors (Lipinski definition) is 1. The van der Waals surface area contributed by atoms with Crippen LogP contribution in [-0.4, -0.2) is 12.6 Å². The summed E-state index contributed by atoms with van der Waals surface area (Å²) in [6, 6.07) is 5.55. The van der Waals surface area contributed by atoms with Crippen LogP contribution in [0, 0.1) is 6.92 Å². The van der Waals surface area contributed by atoms with Crippen molar-refractivity contribution in [2.45, 2.75) is 6.92 Å². The van der Waals surface area contributed by atoms with Gasteiger partial charge < -0.3 is 10.2 Å². The number of methoxy groups -OCH3 is 1. The summed E-state index contributed by atoms with van der Waals surface area (Å²) in [5, 5.41) is 0.748. The number of rotatable bonds is 1. The van der Waals surface area contributed by atoms with E-state index in [9.17, 15) is 0 Å². The lowest BCUT2D eigenvalue weighted by Crippen LogP contribution is -1.85. The van der Waals surface area contributed by atoms with E-state index in [0.29, 0.717) is 0 Å². The van der Waals surface area contributed by atoms with Crippen molar-refractivity contribution in [1.82, 2.24) is 0 Å². The molecule has 2 nitrogen and oxygen atoms in total. The summed E-state index contributed by atoms with van der Waals surface area (Å²) in [5.41, 5.74) is 1.06. The highest BCUT2D eigenvalue weighted by Crippen LogP contribution is 2.20. The topological polar surface area (TPSA) is 40.7 Å². The molecule has 0 aromatic heterocycles. The fraction of sp³-hybridized carbons (Fsp3) is 0.250. The lowest BCUT2D eigenvalue weighted by Gasteiger charge is -2.02. The van der Waals surface area contributed by atoms with E-state index >= 15 is 0 Å². The van der Waals surface area contributed by atoms with E-state index in [2.05, 4.69) is 0 Å². The molecule has 62 valence electrons. The first-order chi connectivity index (χ1) is 4.74. The molecule has 0 saturated carbocycles. The molecular formula is C8H11ClO2. The molecule has 2 N–H and O–H groups in total. The maximum absolute atomic E-state index is 5.72. The SMILES string of the molecule is COc1ccc(Cl)cc1C.O. The van der Waals surface area contributed by atoms with Crippen LogP contribution < -0.4 is 4.74 Å². The second-order valence-corrected chi connectivity index (χ2v) is 2.55. The van der Waals surface area contributed by atoms with Crippen molar-refractivity contribution < 1.29 is 10.2 Å². The van der Waals surface area contributed by atoms with Gasteiger partial charge in [-0.15, -0.1) is 0 Å². The second-order valence-electron chi connectivity index (χ2n) is 2.11. The van der Waals surface area contributed by atoms with Crippen LogP contribution in [0.15, 0.2) is 18.2 Å². The molecule has 0 aliphatic rings. The molecule has 1 rings (SSSR count). The van der Waals surface area contributed by atoms with Crippen LogP contribution in [0.4, 0.5) is 0 Å². The third kappa shape index (κ3) is 2.41. The van der Waals surface area contributed by atoms with Gasteiger partial charge in [0.1, 0.15) is 5.75 Å². The summed E-state index contributed by atoms with van der Waals surface area (Å²) in [6.07, 6.45) is 0. The maximum Gasteiger partial charge on any atom is 0.121 e. The van der Waals surface area contributed by atoms with Crippen molar-refractivity contribution in [2.24, 2.45) is 0 Å². The van der Waals surface area contributed by atoms with E-state index in [-0.39, 0.29) is 5.48 Å². The first kappa shape index (κ1) is 10.3. The zero-order valence-corrected chi connectivity index (χ0v) is 7.27. The average Bonchev–Trinajstić information content (AvgIpc) is 1.88. The zero-order chi connectivity index (χ0) is 7.56. The Bertz CT molecular complexity index is 236. The van der Waals surface area contributed by atoms with Gasteiger partial charge in [0.25, 0.3) is 0 Å². The molecule has 11 heavy (non-hydrogen) atoms. The highest BCUT2D eigenvalue weighted by Gasteiger charge is 1.95. The molecule has 0 unspecified atom stereocenters. The number of halogens is 1. The Labute approximate surface area is 71.1 Å². The summed E-state index contributed by atoms with van der Waals surface area (Å²) in [6.45, 7) is 1.96. The zero-order valence-electron chi connectivity index (χ0n) is 6.52. The summed E-state index contributed by atoms with van der Waals surface area (Å²) in [4.78, 5) is 0. The Morgan fingerprint density at radius 1 is 1.36 bits per heavy atom. The molecule has 3 heteroatoms. The molecule has 0 spiro atoms. The molecule has 0 aliphatic heterocycles. The van der Waals surface area contributed by atoms with Crippen molar-refractivity contribution in [2.75, 3.05) is 7.11 Å². The van der Waals surface area contributed by atoms with E-state index in [1.165, 1.54) is 0 Å². The van der Waals surface area contributed by atoms with E-state index in [0.717, 1.165) is 16.3 Å². The monoisotopic (exact) mass is 174 g/mol. The van der Waals surface area contributed by atoms with Gasteiger partial charge in [-0.2, -0.15) is 0 Å². The molecule has 0 aliphatic carbocycles. The summed E-state index contributed by atoms with van der Waals surface area (Å²) in [7, 11) is 1.65. The first-order valence-corrected chi connectivity index (χ1v) is 3.42. The van der Waals surface area contributed by atoms with Crippen molar-refractivity contribution in [1.29, 1.82) is 0 Å². The predicted molar refractivity (Wildman–Crippen MR) is 46.4 cm³/mol. The number of benzene rings is 1. The largest absolute Gasteiger partial charge is 0.496 e. The maximum atomic E-state index is 5.72. The Kier molecular flexibility index (Phi) is 3.93. The Hall–Kier alpha value is -0.730. The minimum Gasteiger partial charge on any atom is -0.496 e. The number of aryl methyl sites for hydroxylation is 1. The van der Waals surface area contributed by atoms with Gasteiger partial charge in [-0.3, -0.25) is 0 Å². The number of ether oxygens (including phenoxy) is 1. The van der Waals surface area contributed by atoms with Crippen molar-refractivity contribution in [3.05, 3.63) is 28.8 Å². The third-order valence-electron chi connectivity index (χ3n) is 1.36. The van der Waals surface area contributed by atoms with Crippen molar-refractivity contribution in [3.8, 4) is 5.75 Å². The van der Waals surface area contributed by atoms with Gasteiger partial charge in [0.15, 0.2) is 0 Å². The van der Waals surface area contributed by atoms with Gasteiger partial charge >= 0.3 is 0 Å². The van der Waals surface area contributed by atoms with Gasteiger partial charge in [-0.05, 0) is 30.7 Å². The van der Waals surface area contributed by atoms with Gasteiger partial charge in [0, 0.05) is 5.02 Å². The second kappa shape index (κ2) is 4.21. The molecule has 0 saturated heterocycles. The van der Waals surface area contributed by atoms with Crippen LogP contribution in [0.2, 0.25) is 5.02 Å².